The molecule has 32 rings (SSSR count). The summed E-state index contributed by atoms with van der Waals surface area (Å²) in [4.78, 5) is 6.24. The molecule has 8 aromatic rings. The molecule has 8 aromatic carbocycles. The lowest BCUT2D eigenvalue weighted by atomic mass is 9.49. The monoisotopic (exact) mass is 1500 g/mol. The standard InChI is InChI=1S/C112H128N2/c1-2-6-73(7-3-1)74-18-19-101-106(60-74)112(114(96-54-81(104-46-63-12-16-77(104)26-63)49-82(55-96)105-47-64-13-17-78(105)27-64)98-58-93(109-87-36-69-22-70(38-87)39-88(109)37-69)51-94(59-98)110-89-40-71-23-72(42-89)43-90(110)41-71)100-9-5-4-8-99(100)111(101)113(95-52-79(102-44-61-10-14-75(102)24-61)48-80(53-95)103-45-62-11-15-76(103)25-62)97-56-91(107-83-28-65-20-66(30-83)31-84(107)29-65)50-92(57-97)108-85-32-67-21-68(34-85)35-86(108)33-67/h1-9,18-19,48-72,75-78,83-90,102-105,107-110H,10-17,20-47H2. The van der Waals surface area contributed by atoms with Crippen LogP contribution >= 0.6 is 0 Å². The number of hydrogen-bond acceptors (Lipinski definition) is 2. The van der Waals surface area contributed by atoms with Crippen LogP contribution in [0.5, 0.6) is 0 Å². The van der Waals surface area contributed by atoms with Crippen LogP contribution in [-0.2, 0) is 0 Å². The van der Waals surface area contributed by atoms with E-state index < -0.39 is 0 Å². The summed E-state index contributed by atoms with van der Waals surface area (Å²) in [6, 6.07) is 65.8. The van der Waals surface area contributed by atoms with Gasteiger partial charge in [0.25, 0.3) is 0 Å². The molecular weight excluding hydrogens is 1370 g/mol. The van der Waals surface area contributed by atoms with Crippen LogP contribution in [0, 0.1) is 142 Å². The van der Waals surface area contributed by atoms with Gasteiger partial charge in [0.1, 0.15) is 0 Å². The fourth-order valence-electron chi connectivity index (χ4n) is 37.5. The Balaban J connectivity index is 0.734. The lowest BCUT2D eigenvalue weighted by Gasteiger charge is -2.56. The van der Waals surface area contributed by atoms with Crippen molar-refractivity contribution in [2.75, 3.05) is 9.80 Å². The van der Waals surface area contributed by atoms with Gasteiger partial charge in [0.05, 0.1) is 11.4 Å². The van der Waals surface area contributed by atoms with Crippen molar-refractivity contribution in [3.8, 4) is 11.1 Å². The molecule has 24 aliphatic rings. The molecule has 0 spiro atoms. The van der Waals surface area contributed by atoms with Gasteiger partial charge in [-0.25, -0.2) is 0 Å². The summed E-state index contributed by atoms with van der Waals surface area (Å²) in [6.45, 7) is 0. The molecular formula is C112H128N2. The number of hydrogen-bond donors (Lipinski definition) is 0. The van der Waals surface area contributed by atoms with Gasteiger partial charge < -0.3 is 9.80 Å². The Kier molecular flexibility index (Phi) is 15.3. The van der Waals surface area contributed by atoms with E-state index >= 15 is 0 Å². The maximum Gasteiger partial charge on any atom is 0.0620 e. The van der Waals surface area contributed by atoms with Crippen molar-refractivity contribution in [3.05, 3.63) is 190 Å². The quantitative estimate of drug-likeness (QED) is 0.0746. The number of nitrogens with zero attached hydrogens (tertiary/aromatic N) is 2. The summed E-state index contributed by atoms with van der Waals surface area (Å²) in [7, 11) is 0. The maximum atomic E-state index is 3.13. The zero-order chi connectivity index (χ0) is 73.6. The summed E-state index contributed by atoms with van der Waals surface area (Å²) >= 11 is 0. The lowest BCUT2D eigenvalue weighted by Crippen LogP contribution is -2.44. The Labute approximate surface area is 682 Å². The van der Waals surface area contributed by atoms with E-state index in [4.69, 9.17) is 0 Å². The normalized spacial score (nSPS) is 43.1. The van der Waals surface area contributed by atoms with Crippen molar-refractivity contribution in [3.63, 3.8) is 0 Å². The number of rotatable bonds is 15. The van der Waals surface area contributed by atoms with Crippen LogP contribution in [0.1, 0.15) is 323 Å². The number of fused-ring (bicyclic) bond motifs is 10. The molecule has 12 atom stereocenters. The Morgan fingerprint density at radius 2 is 0.430 bits per heavy atom. The maximum absolute atomic E-state index is 3.13. The summed E-state index contributed by atoms with van der Waals surface area (Å²) in [5, 5.41) is 5.81. The molecule has 2 heteroatoms. The molecule has 0 amide bonds. The van der Waals surface area contributed by atoms with Gasteiger partial charge in [-0.3, -0.25) is 0 Å². The highest BCUT2D eigenvalue weighted by Crippen LogP contribution is 2.69. The second-order valence-corrected chi connectivity index (χ2v) is 46.4. The minimum absolute atomic E-state index is 0.651. The highest BCUT2D eigenvalue weighted by Gasteiger charge is 2.56. The van der Waals surface area contributed by atoms with E-state index in [2.05, 4.69) is 155 Å². The molecule has 0 heterocycles. The zero-order valence-corrected chi connectivity index (χ0v) is 68.7. The van der Waals surface area contributed by atoms with Crippen LogP contribution in [0.4, 0.5) is 34.1 Å². The third kappa shape index (κ3) is 10.7. The fourth-order valence-corrected chi connectivity index (χ4v) is 37.5. The van der Waals surface area contributed by atoms with E-state index in [9.17, 15) is 0 Å². The smallest absolute Gasteiger partial charge is 0.0620 e. The molecule has 0 aliphatic heterocycles. The molecule has 2 nitrogen and oxygen atoms in total. The molecule has 0 N–H and O–H groups in total. The van der Waals surface area contributed by atoms with Gasteiger partial charge >= 0.3 is 0 Å². The highest BCUT2D eigenvalue weighted by molar-refractivity contribution is 6.24. The zero-order valence-electron chi connectivity index (χ0n) is 68.7. The van der Waals surface area contributed by atoms with Gasteiger partial charge in [-0.15, -0.1) is 0 Å². The summed E-state index contributed by atoms with van der Waals surface area (Å²) in [5.74, 6) is 26.3. The molecule has 24 aliphatic carbocycles. The molecule has 24 bridgehead atoms. The van der Waals surface area contributed by atoms with Gasteiger partial charge in [-0.1, -0.05) is 117 Å². The highest BCUT2D eigenvalue weighted by atomic mass is 15.2. The van der Waals surface area contributed by atoms with Gasteiger partial charge in [-0.2, -0.15) is 0 Å². The minimum atomic E-state index is 0.651. The Bertz CT molecular complexity index is 4860. The van der Waals surface area contributed by atoms with E-state index in [1.807, 2.05) is 0 Å². The van der Waals surface area contributed by atoms with Crippen molar-refractivity contribution >= 4 is 55.7 Å². The van der Waals surface area contributed by atoms with Crippen LogP contribution in [0.15, 0.2) is 146 Å². The van der Waals surface area contributed by atoms with Gasteiger partial charge in [0.2, 0.25) is 0 Å². The second-order valence-electron chi connectivity index (χ2n) is 46.4. The van der Waals surface area contributed by atoms with Crippen LogP contribution < -0.4 is 9.80 Å². The summed E-state index contributed by atoms with van der Waals surface area (Å²) in [5.41, 5.74) is 25.5. The van der Waals surface area contributed by atoms with Crippen molar-refractivity contribution in [1.82, 2.24) is 0 Å². The summed E-state index contributed by atoms with van der Waals surface area (Å²) in [6.07, 6.45) is 52.5. The first-order valence-electron chi connectivity index (χ1n) is 49.4. The van der Waals surface area contributed by atoms with Crippen LogP contribution in [0.25, 0.3) is 32.7 Å². The fraction of sp³-hybridized carbons (Fsp3) is 0.607. The van der Waals surface area contributed by atoms with E-state index in [1.54, 1.807) is 44.5 Å². The molecule has 24 fully saturated rings. The van der Waals surface area contributed by atoms with E-state index in [0.717, 1.165) is 142 Å². The third-order valence-electron chi connectivity index (χ3n) is 40.5. The first kappa shape index (κ1) is 67.7. The molecule has 0 aromatic heterocycles. The largest absolute Gasteiger partial charge is 0.309 e. The van der Waals surface area contributed by atoms with Gasteiger partial charge in [-0.05, 0) is 505 Å². The first-order chi connectivity index (χ1) is 56.2. The Morgan fingerprint density at radius 1 is 0.175 bits per heavy atom. The van der Waals surface area contributed by atoms with Crippen LogP contribution in [0.2, 0.25) is 0 Å². The first-order valence-corrected chi connectivity index (χ1v) is 49.4. The van der Waals surface area contributed by atoms with Crippen molar-refractivity contribution in [2.24, 2.45) is 142 Å². The predicted molar refractivity (Wildman–Crippen MR) is 468 cm³/mol. The minimum Gasteiger partial charge on any atom is -0.309 e. The topological polar surface area (TPSA) is 6.48 Å². The molecule has 586 valence electrons. The average Bonchev–Trinajstić information content (AvgIpc) is 0.707. The summed E-state index contributed by atoms with van der Waals surface area (Å²) < 4.78 is 0. The van der Waals surface area contributed by atoms with Crippen molar-refractivity contribution in [1.29, 1.82) is 0 Å². The lowest BCUT2D eigenvalue weighted by molar-refractivity contribution is -0.00507. The van der Waals surface area contributed by atoms with Crippen LogP contribution in [-0.4, -0.2) is 0 Å². The molecule has 0 radical (unpaired) electrons. The number of benzene rings is 8. The Morgan fingerprint density at radius 3 is 0.711 bits per heavy atom. The molecule has 0 saturated heterocycles. The molecule has 114 heavy (non-hydrogen) atoms. The average molecular weight is 1500 g/mol. The number of anilines is 6. The SMILES string of the molecule is c1ccc(-c2ccc3c(N(c4cc(C5CC6CCC5C6)cc(C5CC6CCC5C6)c4)c4cc(C5C6CC7CC(C6)CC5C7)cc(C5C6CC7CC(C6)CC5C7)c4)c4ccccc4c(N(c4cc(C5CC6CCC5C6)cc(C5CC6CCC5C6)c4)c4cc(C5C6CC7CC(C6)CC5C7)cc(C5C6CC7CC(C6)CC5C7)c4)c3c2)cc1. The van der Waals surface area contributed by atoms with E-state index in [1.165, 1.54) is 298 Å². The predicted octanol–water partition coefficient (Wildman–Crippen LogP) is 30.4. The Hall–Kier alpha value is -6.12. The van der Waals surface area contributed by atoms with Crippen molar-refractivity contribution in [2.45, 2.75) is 278 Å². The van der Waals surface area contributed by atoms with E-state index in [-0.39, 0.29) is 0 Å². The van der Waals surface area contributed by atoms with E-state index in [0.29, 0.717) is 47.3 Å². The van der Waals surface area contributed by atoms with Gasteiger partial charge in [0, 0.05) is 44.3 Å². The molecule has 12 unspecified atom stereocenters. The van der Waals surface area contributed by atoms with Crippen LogP contribution in [0.3, 0.4) is 0 Å². The molecule has 24 saturated carbocycles. The van der Waals surface area contributed by atoms with Gasteiger partial charge in [0.15, 0.2) is 0 Å². The van der Waals surface area contributed by atoms with Crippen molar-refractivity contribution < 1.29 is 0 Å². The second kappa shape index (κ2) is 25.7. The third-order valence-corrected chi connectivity index (χ3v) is 40.5.